The Kier molecular flexibility index (Phi) is 2.91. The van der Waals surface area contributed by atoms with Crippen molar-refractivity contribution >= 4 is 11.3 Å². The number of thiazole rings is 1. The van der Waals surface area contributed by atoms with Crippen molar-refractivity contribution in [1.29, 1.82) is 0 Å². The predicted molar refractivity (Wildman–Crippen MR) is 57.4 cm³/mol. The summed E-state index contributed by atoms with van der Waals surface area (Å²) in [6, 6.07) is 10.1. The topological polar surface area (TPSA) is 22.1 Å². The van der Waals surface area contributed by atoms with E-state index in [2.05, 4.69) is 4.98 Å². The van der Waals surface area contributed by atoms with Crippen molar-refractivity contribution in [3.05, 3.63) is 52.5 Å². The first-order chi connectivity index (χ1) is 6.92. The smallest absolute Gasteiger partial charge is 0.125 e. The van der Waals surface area contributed by atoms with Crippen LogP contribution in [-0.2, 0) is 4.74 Å². The van der Waals surface area contributed by atoms with Crippen LogP contribution in [0.4, 0.5) is 0 Å². The summed E-state index contributed by atoms with van der Waals surface area (Å²) in [5.41, 5.74) is 3.94. The van der Waals surface area contributed by atoms with Gasteiger partial charge >= 0.3 is 0 Å². The zero-order valence-electron chi connectivity index (χ0n) is 7.88. The van der Waals surface area contributed by atoms with Gasteiger partial charge in [-0.3, -0.25) is 0 Å². The summed E-state index contributed by atoms with van der Waals surface area (Å²) in [6.07, 6.45) is -0.0394. The molecule has 2 nitrogen and oxygen atoms in total. The second-order valence-corrected chi connectivity index (χ2v) is 3.66. The van der Waals surface area contributed by atoms with Crippen LogP contribution in [0.2, 0.25) is 0 Å². The van der Waals surface area contributed by atoms with Crippen LogP contribution in [0.5, 0.6) is 0 Å². The summed E-state index contributed by atoms with van der Waals surface area (Å²) in [4.78, 5) is 4.26. The highest BCUT2D eigenvalue weighted by molar-refractivity contribution is 7.07. The molecule has 0 aliphatic carbocycles. The van der Waals surface area contributed by atoms with Gasteiger partial charge in [0.25, 0.3) is 0 Å². The fourth-order valence-corrected chi connectivity index (χ4v) is 1.97. The standard InChI is InChI=1S/C11H11NOS/c1-13-11(10-7-14-8-12-10)9-5-3-2-4-6-9/h2-8,11H,1H3. The highest BCUT2D eigenvalue weighted by Gasteiger charge is 2.13. The number of benzene rings is 1. The quantitative estimate of drug-likeness (QED) is 0.768. The molecule has 1 unspecified atom stereocenters. The molecular weight excluding hydrogens is 194 g/mol. The zero-order chi connectivity index (χ0) is 9.80. The Morgan fingerprint density at radius 3 is 2.64 bits per heavy atom. The van der Waals surface area contributed by atoms with Crippen molar-refractivity contribution in [3.8, 4) is 0 Å². The molecule has 0 N–H and O–H groups in total. The number of hydrogen-bond donors (Lipinski definition) is 0. The van der Waals surface area contributed by atoms with Crippen LogP contribution in [0.15, 0.2) is 41.2 Å². The van der Waals surface area contributed by atoms with Crippen LogP contribution < -0.4 is 0 Å². The van der Waals surface area contributed by atoms with E-state index in [4.69, 9.17) is 4.74 Å². The molecule has 1 atom stereocenters. The highest BCUT2D eigenvalue weighted by atomic mass is 32.1. The third kappa shape index (κ3) is 1.84. The largest absolute Gasteiger partial charge is 0.370 e. The molecule has 0 spiro atoms. The average molecular weight is 205 g/mol. The summed E-state index contributed by atoms with van der Waals surface area (Å²) in [5, 5.41) is 2.02. The molecule has 0 amide bonds. The van der Waals surface area contributed by atoms with E-state index in [-0.39, 0.29) is 6.10 Å². The van der Waals surface area contributed by atoms with Gasteiger partial charge in [-0.15, -0.1) is 11.3 Å². The molecule has 1 heterocycles. The fraction of sp³-hybridized carbons (Fsp3) is 0.182. The summed E-state index contributed by atoms with van der Waals surface area (Å²) < 4.78 is 5.42. The molecular formula is C11H11NOS. The Labute approximate surface area is 87.2 Å². The number of nitrogens with zero attached hydrogens (tertiary/aromatic N) is 1. The van der Waals surface area contributed by atoms with Crippen molar-refractivity contribution in [3.63, 3.8) is 0 Å². The monoisotopic (exact) mass is 205 g/mol. The maximum absolute atomic E-state index is 5.42. The lowest BCUT2D eigenvalue weighted by atomic mass is 10.1. The van der Waals surface area contributed by atoms with E-state index in [9.17, 15) is 0 Å². The Balaban J connectivity index is 2.31. The van der Waals surface area contributed by atoms with Crippen LogP contribution in [-0.4, -0.2) is 12.1 Å². The molecule has 0 saturated heterocycles. The van der Waals surface area contributed by atoms with E-state index < -0.39 is 0 Å². The van der Waals surface area contributed by atoms with Crippen LogP contribution >= 0.6 is 11.3 Å². The molecule has 0 saturated carbocycles. The van der Waals surface area contributed by atoms with Gasteiger partial charge in [-0.1, -0.05) is 30.3 Å². The van der Waals surface area contributed by atoms with Crippen molar-refractivity contribution in [1.82, 2.24) is 4.98 Å². The van der Waals surface area contributed by atoms with Gasteiger partial charge < -0.3 is 4.74 Å². The molecule has 0 aliphatic rings. The molecule has 0 radical (unpaired) electrons. The third-order valence-electron chi connectivity index (χ3n) is 2.06. The Morgan fingerprint density at radius 1 is 1.29 bits per heavy atom. The van der Waals surface area contributed by atoms with E-state index in [0.717, 1.165) is 11.3 Å². The van der Waals surface area contributed by atoms with Gasteiger partial charge in [-0.2, -0.15) is 0 Å². The van der Waals surface area contributed by atoms with Crippen molar-refractivity contribution in [2.75, 3.05) is 7.11 Å². The molecule has 0 fully saturated rings. The SMILES string of the molecule is COC(c1ccccc1)c1cscn1. The molecule has 0 bridgehead atoms. The van der Waals surface area contributed by atoms with E-state index >= 15 is 0 Å². The van der Waals surface area contributed by atoms with Crippen LogP contribution in [0, 0.1) is 0 Å². The lowest BCUT2D eigenvalue weighted by molar-refractivity contribution is 0.133. The van der Waals surface area contributed by atoms with E-state index in [1.165, 1.54) is 0 Å². The first-order valence-corrected chi connectivity index (χ1v) is 5.32. The zero-order valence-corrected chi connectivity index (χ0v) is 8.70. The van der Waals surface area contributed by atoms with E-state index in [0.29, 0.717) is 0 Å². The number of methoxy groups -OCH3 is 1. The minimum Gasteiger partial charge on any atom is -0.370 e. The third-order valence-corrected chi connectivity index (χ3v) is 2.66. The van der Waals surface area contributed by atoms with E-state index in [1.807, 2.05) is 41.2 Å². The summed E-state index contributed by atoms with van der Waals surface area (Å²) in [6.45, 7) is 0. The predicted octanol–water partition coefficient (Wildman–Crippen LogP) is 2.88. The minimum atomic E-state index is -0.0394. The van der Waals surface area contributed by atoms with Gasteiger partial charge in [-0.25, -0.2) is 4.98 Å². The van der Waals surface area contributed by atoms with Gasteiger partial charge in [0, 0.05) is 12.5 Å². The molecule has 1 aromatic heterocycles. The highest BCUT2D eigenvalue weighted by Crippen LogP contribution is 2.24. The molecule has 1 aromatic carbocycles. The second-order valence-electron chi connectivity index (χ2n) is 2.94. The summed E-state index contributed by atoms with van der Waals surface area (Å²) in [5.74, 6) is 0. The maximum Gasteiger partial charge on any atom is 0.125 e. The Hall–Kier alpha value is -1.19. The normalized spacial score (nSPS) is 12.6. The van der Waals surface area contributed by atoms with Crippen LogP contribution in [0.25, 0.3) is 0 Å². The fourth-order valence-electron chi connectivity index (χ4n) is 1.41. The number of ether oxygens (including phenoxy) is 1. The Morgan fingerprint density at radius 2 is 2.07 bits per heavy atom. The Bertz CT molecular complexity index is 371. The molecule has 3 heteroatoms. The molecule has 72 valence electrons. The van der Waals surface area contributed by atoms with Crippen molar-refractivity contribution < 1.29 is 4.74 Å². The average Bonchev–Trinajstić information content (AvgIpc) is 2.74. The van der Waals surface area contributed by atoms with Crippen LogP contribution in [0.3, 0.4) is 0 Å². The van der Waals surface area contributed by atoms with Gasteiger partial charge in [0.15, 0.2) is 0 Å². The van der Waals surface area contributed by atoms with Crippen LogP contribution in [0.1, 0.15) is 17.4 Å². The van der Waals surface area contributed by atoms with Gasteiger partial charge in [-0.05, 0) is 5.56 Å². The maximum atomic E-state index is 5.42. The second kappa shape index (κ2) is 4.35. The van der Waals surface area contributed by atoms with Gasteiger partial charge in [0.1, 0.15) is 6.10 Å². The summed E-state index contributed by atoms with van der Waals surface area (Å²) >= 11 is 1.59. The number of aromatic nitrogens is 1. The molecule has 14 heavy (non-hydrogen) atoms. The minimum absolute atomic E-state index is 0.0394. The van der Waals surface area contributed by atoms with Gasteiger partial charge in [0.05, 0.1) is 11.2 Å². The number of rotatable bonds is 3. The summed E-state index contributed by atoms with van der Waals surface area (Å²) in [7, 11) is 1.71. The van der Waals surface area contributed by atoms with Gasteiger partial charge in [0.2, 0.25) is 0 Å². The lowest BCUT2D eigenvalue weighted by Gasteiger charge is -2.12. The molecule has 0 aliphatic heterocycles. The van der Waals surface area contributed by atoms with E-state index in [1.54, 1.807) is 18.4 Å². The van der Waals surface area contributed by atoms with Crippen molar-refractivity contribution in [2.45, 2.75) is 6.10 Å². The molecule has 2 aromatic rings. The lowest BCUT2D eigenvalue weighted by Crippen LogP contribution is -2.03. The first-order valence-electron chi connectivity index (χ1n) is 4.37. The number of hydrogen-bond acceptors (Lipinski definition) is 3. The molecule has 2 rings (SSSR count). The van der Waals surface area contributed by atoms with Crippen molar-refractivity contribution in [2.24, 2.45) is 0 Å². The first kappa shape index (κ1) is 9.37.